The molecule has 1 aromatic heterocycles. The Labute approximate surface area is 224 Å². The van der Waals surface area contributed by atoms with E-state index >= 15 is 0 Å². The minimum Gasteiger partial charge on any atom is -0.341 e. The Morgan fingerprint density at radius 3 is 2.68 bits per heavy atom. The number of carbonyl (C=O) groups excluding carboxylic acids is 2. The van der Waals surface area contributed by atoms with Crippen LogP contribution in [0.5, 0.6) is 0 Å². The Morgan fingerprint density at radius 2 is 1.92 bits per heavy atom. The van der Waals surface area contributed by atoms with E-state index < -0.39 is 0 Å². The summed E-state index contributed by atoms with van der Waals surface area (Å²) >= 11 is 0. The van der Waals surface area contributed by atoms with Gasteiger partial charge in [0.2, 0.25) is 0 Å². The third-order valence-corrected chi connectivity index (χ3v) is 8.54. The maximum Gasteiger partial charge on any atom is 0.165 e. The molecule has 3 aromatic rings. The molecule has 5 heteroatoms. The van der Waals surface area contributed by atoms with Crippen molar-refractivity contribution < 1.29 is 14.0 Å². The first-order valence-corrected chi connectivity index (χ1v) is 13.8. The topological polar surface area (TPSA) is 51.1 Å². The van der Waals surface area contributed by atoms with Gasteiger partial charge in [0, 0.05) is 47.1 Å². The number of carbonyl (C=O) groups is 2. The van der Waals surface area contributed by atoms with E-state index in [-0.39, 0.29) is 29.5 Å². The van der Waals surface area contributed by atoms with Crippen molar-refractivity contribution >= 4 is 22.5 Å². The normalized spacial score (nSPS) is 21.1. The number of para-hydroxylation sites is 1. The number of ketones is 2. The molecule has 5 rings (SSSR count). The van der Waals surface area contributed by atoms with Crippen LogP contribution in [-0.2, 0) is 4.79 Å². The van der Waals surface area contributed by atoms with Crippen molar-refractivity contribution in [3.63, 3.8) is 0 Å². The maximum absolute atomic E-state index is 13.9. The molecule has 3 unspecified atom stereocenters. The fourth-order valence-electron chi connectivity index (χ4n) is 6.63. The molecule has 1 fully saturated rings. The van der Waals surface area contributed by atoms with Crippen LogP contribution in [0.3, 0.4) is 0 Å². The number of allylic oxidation sites excluding steroid dienone is 4. The van der Waals surface area contributed by atoms with Gasteiger partial charge in [-0.3, -0.25) is 9.59 Å². The molecule has 0 radical (unpaired) electrons. The lowest BCUT2D eigenvalue weighted by atomic mass is 9.84. The molecule has 1 N–H and O–H groups in total. The Hall–Kier alpha value is -3.31. The first-order chi connectivity index (χ1) is 18.2. The summed E-state index contributed by atoms with van der Waals surface area (Å²) in [7, 11) is 0. The summed E-state index contributed by atoms with van der Waals surface area (Å²) in [5, 5.41) is 4.55. The van der Waals surface area contributed by atoms with Gasteiger partial charge in [0.25, 0.3) is 0 Å². The van der Waals surface area contributed by atoms with E-state index in [0.717, 1.165) is 63.8 Å². The zero-order valence-electron chi connectivity index (χ0n) is 22.8. The Balaban J connectivity index is 1.42. The van der Waals surface area contributed by atoms with Crippen molar-refractivity contribution in [3.05, 3.63) is 94.0 Å². The highest BCUT2D eigenvalue weighted by molar-refractivity contribution is 6.10. The van der Waals surface area contributed by atoms with E-state index in [0.29, 0.717) is 25.2 Å². The van der Waals surface area contributed by atoms with Crippen LogP contribution in [0, 0.1) is 18.7 Å². The lowest BCUT2D eigenvalue weighted by Crippen LogP contribution is -2.35. The summed E-state index contributed by atoms with van der Waals surface area (Å²) in [4.78, 5) is 26.3. The second kappa shape index (κ2) is 10.8. The number of hydrogen-bond acceptors (Lipinski definition) is 3. The molecule has 1 aliphatic heterocycles. The second-order valence-corrected chi connectivity index (χ2v) is 11.1. The van der Waals surface area contributed by atoms with E-state index in [9.17, 15) is 14.0 Å². The highest BCUT2D eigenvalue weighted by Gasteiger charge is 2.31. The van der Waals surface area contributed by atoms with Crippen LogP contribution in [-0.4, -0.2) is 22.7 Å². The van der Waals surface area contributed by atoms with Crippen molar-refractivity contribution in [1.82, 2.24) is 9.88 Å². The Bertz CT molecular complexity index is 1460. The molecule has 1 saturated heterocycles. The molecule has 38 heavy (non-hydrogen) atoms. The fourth-order valence-corrected chi connectivity index (χ4v) is 6.63. The number of Topliss-reactive ketones (excluding diaryl/α,β-unsaturated/α-hetero) is 2. The van der Waals surface area contributed by atoms with Crippen LogP contribution in [0.25, 0.3) is 10.9 Å². The van der Waals surface area contributed by atoms with Crippen molar-refractivity contribution in [2.75, 3.05) is 6.54 Å². The van der Waals surface area contributed by atoms with Crippen molar-refractivity contribution in [3.8, 4) is 0 Å². The predicted molar refractivity (Wildman–Crippen MR) is 151 cm³/mol. The van der Waals surface area contributed by atoms with E-state index in [1.165, 1.54) is 6.07 Å². The number of fused-ring (bicyclic) bond motifs is 1. The first kappa shape index (κ1) is 26.3. The molecular weight excluding hydrogens is 475 g/mol. The molecule has 0 bridgehead atoms. The van der Waals surface area contributed by atoms with Crippen molar-refractivity contribution in [2.24, 2.45) is 5.92 Å². The summed E-state index contributed by atoms with van der Waals surface area (Å²) in [5.41, 5.74) is 6.67. The van der Waals surface area contributed by atoms with Crippen LogP contribution in [0.4, 0.5) is 4.39 Å². The third kappa shape index (κ3) is 5.04. The molecule has 2 heterocycles. The average Bonchev–Trinajstić information content (AvgIpc) is 3.19. The largest absolute Gasteiger partial charge is 0.341 e. The number of benzene rings is 2. The van der Waals surface area contributed by atoms with Crippen LogP contribution in [0.1, 0.15) is 86.6 Å². The lowest BCUT2D eigenvalue weighted by Gasteiger charge is -2.35. The van der Waals surface area contributed by atoms with Gasteiger partial charge in [0.05, 0.1) is 0 Å². The minimum atomic E-state index is -0.207. The number of halogens is 1. The molecular formula is C33H37FN2O2. The molecule has 4 nitrogen and oxygen atoms in total. The van der Waals surface area contributed by atoms with Gasteiger partial charge in [0.1, 0.15) is 5.82 Å². The standard InChI is InChI=1S/C33H37FN2O2/c1-20-16-21(2)27(32(38)17-20)12-13-31(37)33-23(4)36(30-11-6-5-10-28(30)33)22(3)24-14-15-35-29(19-24)25-8-7-9-26(34)18-25/h5-11,16,18,22,24,29,35H,12-15,17,19H2,1-4H3. The number of rotatable bonds is 7. The predicted octanol–water partition coefficient (Wildman–Crippen LogP) is 7.59. The molecule has 2 aliphatic rings. The number of piperidine rings is 1. The average molecular weight is 513 g/mol. The molecule has 1 aliphatic carbocycles. The van der Waals surface area contributed by atoms with Crippen LogP contribution >= 0.6 is 0 Å². The summed E-state index contributed by atoms with van der Waals surface area (Å²) in [6, 6.07) is 15.3. The lowest BCUT2D eigenvalue weighted by molar-refractivity contribution is -0.115. The van der Waals surface area contributed by atoms with Gasteiger partial charge in [-0.25, -0.2) is 4.39 Å². The van der Waals surface area contributed by atoms with E-state index in [2.05, 4.69) is 35.9 Å². The minimum absolute atomic E-state index is 0.0898. The van der Waals surface area contributed by atoms with Crippen molar-refractivity contribution in [1.29, 1.82) is 0 Å². The zero-order valence-corrected chi connectivity index (χ0v) is 22.8. The summed E-state index contributed by atoms with van der Waals surface area (Å²) in [6.45, 7) is 9.12. The van der Waals surface area contributed by atoms with E-state index in [4.69, 9.17) is 0 Å². The monoisotopic (exact) mass is 512 g/mol. The summed E-state index contributed by atoms with van der Waals surface area (Å²) in [5.74, 6) is 0.403. The van der Waals surface area contributed by atoms with Crippen LogP contribution in [0.15, 0.2) is 71.3 Å². The van der Waals surface area contributed by atoms with E-state index in [1.807, 2.05) is 38.1 Å². The van der Waals surface area contributed by atoms with Gasteiger partial charge in [-0.2, -0.15) is 0 Å². The Morgan fingerprint density at radius 1 is 1.13 bits per heavy atom. The first-order valence-electron chi connectivity index (χ1n) is 13.8. The zero-order chi connectivity index (χ0) is 27.0. The highest BCUT2D eigenvalue weighted by atomic mass is 19.1. The summed E-state index contributed by atoms with van der Waals surface area (Å²) in [6.07, 6.45) is 5.24. The fraction of sp³-hybridized carbons (Fsp3) is 0.394. The number of aromatic nitrogens is 1. The van der Waals surface area contributed by atoms with Gasteiger partial charge in [0.15, 0.2) is 11.6 Å². The second-order valence-electron chi connectivity index (χ2n) is 11.1. The van der Waals surface area contributed by atoms with Gasteiger partial charge < -0.3 is 9.88 Å². The third-order valence-electron chi connectivity index (χ3n) is 8.54. The Kier molecular flexibility index (Phi) is 7.49. The molecule has 3 atom stereocenters. The molecule has 0 spiro atoms. The highest BCUT2D eigenvalue weighted by Crippen LogP contribution is 2.39. The van der Waals surface area contributed by atoms with Crippen molar-refractivity contribution in [2.45, 2.75) is 71.9 Å². The van der Waals surface area contributed by atoms with Crippen LogP contribution in [0.2, 0.25) is 0 Å². The van der Waals surface area contributed by atoms with Crippen LogP contribution < -0.4 is 5.32 Å². The molecule has 0 amide bonds. The smallest absolute Gasteiger partial charge is 0.165 e. The maximum atomic E-state index is 13.9. The molecule has 198 valence electrons. The SMILES string of the molecule is CC1=CC(C)=C(CCC(=O)c2c(C)n(C(C)C3CCNC(c4cccc(F)c4)C3)c3ccccc23)C(=O)C1. The summed E-state index contributed by atoms with van der Waals surface area (Å²) < 4.78 is 16.2. The number of nitrogens with zero attached hydrogens (tertiary/aromatic N) is 1. The quantitative estimate of drug-likeness (QED) is 0.332. The number of nitrogens with one attached hydrogen (secondary N) is 1. The molecule has 0 saturated carbocycles. The van der Waals surface area contributed by atoms with E-state index in [1.54, 1.807) is 12.1 Å². The van der Waals surface area contributed by atoms with Gasteiger partial charge >= 0.3 is 0 Å². The van der Waals surface area contributed by atoms with Gasteiger partial charge in [-0.05, 0) is 94.3 Å². The molecule has 2 aromatic carbocycles. The number of hydrogen-bond donors (Lipinski definition) is 1. The van der Waals surface area contributed by atoms with Gasteiger partial charge in [-0.15, -0.1) is 0 Å². The van der Waals surface area contributed by atoms with Gasteiger partial charge in [-0.1, -0.05) is 42.0 Å².